The third kappa shape index (κ3) is 4.04. The lowest BCUT2D eigenvalue weighted by Crippen LogP contribution is -2.34. The highest BCUT2D eigenvalue weighted by atomic mass is 16.5. The van der Waals surface area contributed by atoms with Crippen molar-refractivity contribution in [2.75, 3.05) is 20.8 Å². The van der Waals surface area contributed by atoms with Crippen molar-refractivity contribution in [3.05, 3.63) is 11.8 Å². The molecule has 3 N–H and O–H groups in total. The maximum atomic E-state index is 10.7. The monoisotopic (exact) mass is 271 g/mol. The van der Waals surface area contributed by atoms with E-state index in [2.05, 4.69) is 15.3 Å². The molecule has 2 atom stereocenters. The highest BCUT2D eigenvalue weighted by molar-refractivity contribution is 5.72. The van der Waals surface area contributed by atoms with Gasteiger partial charge >= 0.3 is 6.01 Å². The molecule has 1 aromatic heterocycles. The van der Waals surface area contributed by atoms with Crippen LogP contribution in [0.2, 0.25) is 0 Å². The number of rotatable bonds is 6. The van der Waals surface area contributed by atoms with E-state index in [1.54, 1.807) is 0 Å². The molecule has 0 spiro atoms. The second-order valence-electron chi connectivity index (χ2n) is 3.77. The quantitative estimate of drug-likeness (QED) is 0.609. The number of ether oxygens (including phenoxy) is 2. The van der Waals surface area contributed by atoms with Crippen molar-refractivity contribution in [1.29, 1.82) is 0 Å². The maximum Gasteiger partial charge on any atom is 0.319 e. The fraction of sp³-hybridized carbons (Fsp3) is 0.545. The standard InChI is InChI=1S/C11H17N3O5/c1-6(15)12-5-8(16)9(17)7-4-13-11(19-3)14-10(7)18-2/h4,8-9,16-17H,5H2,1-3H3,(H,12,15). The van der Waals surface area contributed by atoms with Crippen LogP contribution in [0.1, 0.15) is 18.6 Å². The molecule has 0 aliphatic carbocycles. The van der Waals surface area contributed by atoms with E-state index in [0.717, 1.165) is 0 Å². The van der Waals surface area contributed by atoms with Crippen molar-refractivity contribution in [2.24, 2.45) is 0 Å². The van der Waals surface area contributed by atoms with Crippen LogP contribution in [0, 0.1) is 0 Å². The summed E-state index contributed by atoms with van der Waals surface area (Å²) in [4.78, 5) is 18.5. The highest BCUT2D eigenvalue weighted by Crippen LogP contribution is 2.26. The summed E-state index contributed by atoms with van der Waals surface area (Å²) in [5.41, 5.74) is 0.209. The second kappa shape index (κ2) is 6.86. The van der Waals surface area contributed by atoms with Gasteiger partial charge in [-0.2, -0.15) is 4.98 Å². The Bertz CT molecular complexity index is 440. The molecule has 0 aliphatic rings. The number of aliphatic hydroxyl groups is 2. The molecule has 1 heterocycles. The van der Waals surface area contributed by atoms with Crippen molar-refractivity contribution in [2.45, 2.75) is 19.1 Å². The number of amides is 1. The molecule has 0 saturated carbocycles. The van der Waals surface area contributed by atoms with Crippen LogP contribution < -0.4 is 14.8 Å². The zero-order valence-corrected chi connectivity index (χ0v) is 11.0. The average Bonchev–Trinajstić information content (AvgIpc) is 2.42. The molecule has 0 radical (unpaired) electrons. The molecule has 1 aromatic rings. The lowest BCUT2D eigenvalue weighted by molar-refractivity contribution is -0.119. The number of aromatic nitrogens is 2. The fourth-order valence-corrected chi connectivity index (χ4v) is 1.39. The van der Waals surface area contributed by atoms with Gasteiger partial charge in [0.1, 0.15) is 12.2 Å². The maximum absolute atomic E-state index is 10.7. The van der Waals surface area contributed by atoms with Gasteiger partial charge in [-0.05, 0) is 0 Å². The Morgan fingerprint density at radius 3 is 2.63 bits per heavy atom. The van der Waals surface area contributed by atoms with E-state index in [0.29, 0.717) is 0 Å². The Kier molecular flexibility index (Phi) is 5.46. The molecule has 0 aliphatic heterocycles. The van der Waals surface area contributed by atoms with Gasteiger partial charge in [0.05, 0.1) is 19.8 Å². The van der Waals surface area contributed by atoms with Crippen LogP contribution in [-0.4, -0.2) is 53.0 Å². The van der Waals surface area contributed by atoms with Crippen molar-refractivity contribution < 1.29 is 24.5 Å². The predicted molar refractivity (Wildman–Crippen MR) is 64.8 cm³/mol. The van der Waals surface area contributed by atoms with Gasteiger partial charge < -0.3 is 25.0 Å². The van der Waals surface area contributed by atoms with Gasteiger partial charge in [-0.15, -0.1) is 0 Å². The fourth-order valence-electron chi connectivity index (χ4n) is 1.39. The summed E-state index contributed by atoms with van der Waals surface area (Å²) in [7, 11) is 2.77. The van der Waals surface area contributed by atoms with E-state index in [4.69, 9.17) is 9.47 Å². The van der Waals surface area contributed by atoms with E-state index in [1.807, 2.05) is 0 Å². The number of hydrogen-bond donors (Lipinski definition) is 3. The predicted octanol–water partition coefficient (Wildman–Crippen LogP) is -0.976. The number of aliphatic hydroxyl groups excluding tert-OH is 2. The van der Waals surface area contributed by atoms with E-state index in [-0.39, 0.29) is 29.9 Å². The first-order valence-electron chi connectivity index (χ1n) is 5.55. The number of methoxy groups -OCH3 is 2. The van der Waals surface area contributed by atoms with Crippen molar-refractivity contribution in [3.63, 3.8) is 0 Å². The topological polar surface area (TPSA) is 114 Å². The smallest absolute Gasteiger partial charge is 0.319 e. The molecule has 0 aromatic carbocycles. The summed E-state index contributed by atoms with van der Waals surface area (Å²) in [5, 5.41) is 22.1. The normalized spacial score (nSPS) is 13.5. The summed E-state index contributed by atoms with van der Waals surface area (Å²) in [6.07, 6.45) is -1.19. The molecule has 0 fully saturated rings. The van der Waals surface area contributed by atoms with Crippen molar-refractivity contribution >= 4 is 5.91 Å². The van der Waals surface area contributed by atoms with E-state index in [1.165, 1.54) is 27.3 Å². The highest BCUT2D eigenvalue weighted by Gasteiger charge is 2.24. The minimum Gasteiger partial charge on any atom is -0.481 e. The molecule has 0 bridgehead atoms. The van der Waals surface area contributed by atoms with E-state index < -0.39 is 12.2 Å². The number of hydrogen-bond acceptors (Lipinski definition) is 7. The van der Waals surface area contributed by atoms with Gasteiger partial charge in [-0.25, -0.2) is 4.98 Å². The third-order valence-electron chi connectivity index (χ3n) is 2.38. The molecule has 106 valence electrons. The number of nitrogens with one attached hydrogen (secondary N) is 1. The van der Waals surface area contributed by atoms with Gasteiger partial charge in [-0.3, -0.25) is 4.79 Å². The van der Waals surface area contributed by atoms with Gasteiger partial charge in [0.2, 0.25) is 11.8 Å². The van der Waals surface area contributed by atoms with Crippen LogP contribution in [0.3, 0.4) is 0 Å². The van der Waals surface area contributed by atoms with Gasteiger partial charge in [0, 0.05) is 19.7 Å². The molecule has 8 nitrogen and oxygen atoms in total. The lowest BCUT2D eigenvalue weighted by Gasteiger charge is -2.19. The van der Waals surface area contributed by atoms with Crippen LogP contribution in [-0.2, 0) is 4.79 Å². The van der Waals surface area contributed by atoms with E-state index in [9.17, 15) is 15.0 Å². The van der Waals surface area contributed by atoms with Crippen LogP contribution >= 0.6 is 0 Å². The van der Waals surface area contributed by atoms with Gasteiger partial charge in [0.15, 0.2) is 0 Å². The Labute approximate surface area is 110 Å². The summed E-state index contributed by atoms with van der Waals surface area (Å²) in [6.45, 7) is 1.22. The zero-order chi connectivity index (χ0) is 14.4. The molecule has 19 heavy (non-hydrogen) atoms. The Hall–Kier alpha value is -1.93. The molecule has 8 heteroatoms. The molecular weight excluding hydrogens is 254 g/mol. The van der Waals surface area contributed by atoms with Gasteiger partial charge in [-0.1, -0.05) is 0 Å². The summed E-state index contributed by atoms with van der Waals surface area (Å²) >= 11 is 0. The largest absolute Gasteiger partial charge is 0.481 e. The first-order valence-corrected chi connectivity index (χ1v) is 5.55. The van der Waals surface area contributed by atoms with Gasteiger partial charge in [0.25, 0.3) is 0 Å². The first kappa shape index (κ1) is 15.1. The summed E-state index contributed by atoms with van der Waals surface area (Å²) in [6, 6.07) is 0.0872. The summed E-state index contributed by atoms with van der Waals surface area (Å²) in [5.74, 6) is -0.203. The second-order valence-corrected chi connectivity index (χ2v) is 3.77. The zero-order valence-electron chi connectivity index (χ0n) is 11.0. The van der Waals surface area contributed by atoms with Crippen LogP contribution in [0.5, 0.6) is 11.9 Å². The SMILES string of the molecule is COc1ncc(C(O)C(O)CNC(C)=O)c(OC)n1. The Morgan fingerprint density at radius 1 is 1.42 bits per heavy atom. The molecule has 0 saturated heterocycles. The number of nitrogens with zero attached hydrogens (tertiary/aromatic N) is 2. The Balaban J connectivity index is 2.85. The minimum atomic E-state index is -1.28. The molecule has 1 rings (SSSR count). The molecular formula is C11H17N3O5. The van der Waals surface area contributed by atoms with Crippen LogP contribution in [0.15, 0.2) is 6.20 Å². The lowest BCUT2D eigenvalue weighted by atomic mass is 10.1. The van der Waals surface area contributed by atoms with Crippen molar-refractivity contribution in [1.82, 2.24) is 15.3 Å². The minimum absolute atomic E-state index is 0.0872. The van der Waals surface area contributed by atoms with E-state index >= 15 is 0 Å². The van der Waals surface area contributed by atoms with Crippen LogP contribution in [0.4, 0.5) is 0 Å². The first-order chi connectivity index (χ1) is 8.99. The Morgan fingerprint density at radius 2 is 2.11 bits per heavy atom. The number of carbonyl (C=O) groups excluding carboxylic acids is 1. The molecule has 2 unspecified atom stereocenters. The third-order valence-corrected chi connectivity index (χ3v) is 2.38. The van der Waals surface area contributed by atoms with Crippen molar-refractivity contribution in [3.8, 4) is 11.9 Å². The average molecular weight is 271 g/mol. The number of carbonyl (C=O) groups is 1. The molecule has 1 amide bonds. The summed E-state index contributed by atoms with van der Waals surface area (Å²) < 4.78 is 9.82. The van der Waals surface area contributed by atoms with Crippen LogP contribution in [0.25, 0.3) is 0 Å².